The van der Waals surface area contributed by atoms with E-state index in [1.807, 2.05) is 0 Å². The quantitative estimate of drug-likeness (QED) is 0.0203. The molecular weight excluding hydrogens is 685 g/mol. The molecule has 0 rings (SSSR count). The Hall–Kier alpha value is -2.89. The first-order valence-corrected chi connectivity index (χ1v) is 22.8. The predicted molar refractivity (Wildman–Crippen MR) is 233 cm³/mol. The van der Waals surface area contributed by atoms with E-state index in [1.165, 1.54) is 96.3 Å². The fraction of sp³-hybridized carbons (Fsp3) is 0.735. The molecule has 1 atom stereocenters. The number of rotatable bonds is 40. The Labute approximate surface area is 339 Å². The van der Waals surface area contributed by atoms with Crippen molar-refractivity contribution < 1.29 is 28.6 Å². The molecule has 55 heavy (non-hydrogen) atoms. The summed E-state index contributed by atoms with van der Waals surface area (Å²) in [6.45, 7) is 6.41. The SMILES string of the molecule is CC/C=C\C/C=C\C/C=C\CCCC(=O)OC(COC(=O)CCCCCCCC/C=C\C=C/CCCCC)COC(=O)CCCCCCCCCCCCC. The van der Waals surface area contributed by atoms with Crippen LogP contribution in [0.5, 0.6) is 0 Å². The van der Waals surface area contributed by atoms with Gasteiger partial charge in [0.1, 0.15) is 13.2 Å². The highest BCUT2D eigenvalue weighted by atomic mass is 16.6. The normalized spacial score (nSPS) is 12.6. The molecule has 0 aliphatic carbocycles. The number of carbonyl (C=O) groups is 3. The van der Waals surface area contributed by atoms with Gasteiger partial charge in [0.15, 0.2) is 6.10 Å². The molecule has 0 heterocycles. The van der Waals surface area contributed by atoms with Crippen molar-refractivity contribution in [1.29, 1.82) is 0 Å². The van der Waals surface area contributed by atoms with E-state index < -0.39 is 6.10 Å². The van der Waals surface area contributed by atoms with Crippen molar-refractivity contribution >= 4 is 17.9 Å². The Morgan fingerprint density at radius 3 is 1.29 bits per heavy atom. The molecule has 0 saturated carbocycles. The predicted octanol–water partition coefficient (Wildman–Crippen LogP) is 14.5. The van der Waals surface area contributed by atoms with Gasteiger partial charge in [-0.15, -0.1) is 0 Å². The van der Waals surface area contributed by atoms with Crippen molar-refractivity contribution in [2.45, 2.75) is 219 Å². The fourth-order valence-corrected chi connectivity index (χ4v) is 6.10. The molecule has 0 aromatic carbocycles. The maximum atomic E-state index is 12.7. The maximum absolute atomic E-state index is 12.7. The molecule has 0 amide bonds. The van der Waals surface area contributed by atoms with Crippen LogP contribution < -0.4 is 0 Å². The summed E-state index contributed by atoms with van der Waals surface area (Å²) in [5, 5.41) is 0. The molecule has 1 unspecified atom stereocenters. The third-order valence-electron chi connectivity index (χ3n) is 9.53. The van der Waals surface area contributed by atoms with Gasteiger partial charge in [-0.25, -0.2) is 0 Å². The highest BCUT2D eigenvalue weighted by molar-refractivity contribution is 5.71. The van der Waals surface area contributed by atoms with E-state index in [1.54, 1.807) is 0 Å². The number of unbranched alkanes of at least 4 members (excludes halogenated alkanes) is 20. The van der Waals surface area contributed by atoms with E-state index in [2.05, 4.69) is 81.5 Å². The lowest BCUT2D eigenvalue weighted by atomic mass is 10.1. The number of carbonyl (C=O) groups excluding carboxylic acids is 3. The molecule has 0 aliphatic heterocycles. The Bertz CT molecular complexity index is 1020. The van der Waals surface area contributed by atoms with Gasteiger partial charge in [-0.2, -0.15) is 0 Å². The molecule has 0 radical (unpaired) electrons. The maximum Gasteiger partial charge on any atom is 0.306 e. The second-order valence-electron chi connectivity index (χ2n) is 15.0. The summed E-state index contributed by atoms with van der Waals surface area (Å²) < 4.78 is 16.6. The number of hydrogen-bond acceptors (Lipinski definition) is 6. The molecule has 6 heteroatoms. The average Bonchev–Trinajstić information content (AvgIpc) is 3.18. The van der Waals surface area contributed by atoms with Crippen LogP contribution in [0.15, 0.2) is 60.8 Å². The third kappa shape index (κ3) is 42.1. The smallest absolute Gasteiger partial charge is 0.306 e. The fourth-order valence-electron chi connectivity index (χ4n) is 6.10. The highest BCUT2D eigenvalue weighted by Crippen LogP contribution is 2.14. The van der Waals surface area contributed by atoms with Crippen LogP contribution in [0.1, 0.15) is 213 Å². The van der Waals surface area contributed by atoms with E-state index >= 15 is 0 Å². The van der Waals surface area contributed by atoms with Crippen LogP contribution in [0, 0.1) is 0 Å². The average molecular weight is 769 g/mol. The highest BCUT2D eigenvalue weighted by Gasteiger charge is 2.19. The zero-order valence-electron chi connectivity index (χ0n) is 35.9. The van der Waals surface area contributed by atoms with Crippen LogP contribution in [0.25, 0.3) is 0 Å². The second kappa shape index (κ2) is 43.8. The van der Waals surface area contributed by atoms with Crippen LogP contribution in [-0.4, -0.2) is 37.2 Å². The third-order valence-corrected chi connectivity index (χ3v) is 9.53. The first-order valence-electron chi connectivity index (χ1n) is 22.8. The van der Waals surface area contributed by atoms with Crippen LogP contribution >= 0.6 is 0 Å². The molecule has 0 aromatic rings. The van der Waals surface area contributed by atoms with Crippen molar-refractivity contribution in [2.75, 3.05) is 13.2 Å². The minimum absolute atomic E-state index is 0.0972. The minimum atomic E-state index is -0.800. The summed E-state index contributed by atoms with van der Waals surface area (Å²) in [6, 6.07) is 0. The van der Waals surface area contributed by atoms with Crippen molar-refractivity contribution in [2.24, 2.45) is 0 Å². The summed E-state index contributed by atoms with van der Waals surface area (Å²) in [4.78, 5) is 37.7. The number of hydrogen-bond donors (Lipinski definition) is 0. The van der Waals surface area contributed by atoms with E-state index in [0.29, 0.717) is 19.3 Å². The summed E-state index contributed by atoms with van der Waals surface area (Å²) in [7, 11) is 0. The van der Waals surface area contributed by atoms with Crippen molar-refractivity contribution in [3.8, 4) is 0 Å². The van der Waals surface area contributed by atoms with Crippen molar-refractivity contribution in [1.82, 2.24) is 0 Å². The van der Waals surface area contributed by atoms with Crippen molar-refractivity contribution in [3.63, 3.8) is 0 Å². The molecule has 0 bridgehead atoms. The van der Waals surface area contributed by atoms with Gasteiger partial charge in [0, 0.05) is 19.3 Å². The van der Waals surface area contributed by atoms with Gasteiger partial charge in [-0.1, -0.05) is 184 Å². The van der Waals surface area contributed by atoms with Gasteiger partial charge in [0.25, 0.3) is 0 Å². The van der Waals surface area contributed by atoms with E-state index in [-0.39, 0.29) is 37.5 Å². The standard InChI is InChI=1S/C49H84O6/c1-4-7-10-13-16-19-22-23-24-25-28-30-33-36-39-42-48(51)54-45-46(55-49(52)43-40-37-34-31-27-21-18-15-12-9-6-3)44-53-47(50)41-38-35-32-29-26-20-17-14-11-8-5-2/h9,12,16,18-19,21-23,31,34,46H,4-8,10-11,13-15,17,20,24-30,32-33,35-45H2,1-3H3/b12-9-,19-16-,21-18-,23-22-,34-31-. The lowest BCUT2D eigenvalue weighted by Gasteiger charge is -2.18. The monoisotopic (exact) mass is 769 g/mol. The molecule has 6 nitrogen and oxygen atoms in total. The molecule has 0 aliphatic rings. The molecular formula is C49H84O6. The Morgan fingerprint density at radius 1 is 0.400 bits per heavy atom. The first-order chi connectivity index (χ1) is 27.0. The number of allylic oxidation sites excluding steroid dienone is 10. The van der Waals surface area contributed by atoms with E-state index in [0.717, 1.165) is 70.6 Å². The lowest BCUT2D eigenvalue weighted by molar-refractivity contribution is -0.167. The van der Waals surface area contributed by atoms with Gasteiger partial charge >= 0.3 is 17.9 Å². The minimum Gasteiger partial charge on any atom is -0.462 e. The molecule has 316 valence electrons. The zero-order valence-corrected chi connectivity index (χ0v) is 35.9. The molecule has 0 saturated heterocycles. The summed E-state index contributed by atoms with van der Waals surface area (Å²) in [6.07, 6.45) is 52.1. The van der Waals surface area contributed by atoms with Gasteiger partial charge in [-0.05, 0) is 70.6 Å². The van der Waals surface area contributed by atoms with E-state index in [9.17, 15) is 14.4 Å². The Morgan fingerprint density at radius 2 is 0.782 bits per heavy atom. The van der Waals surface area contributed by atoms with Gasteiger partial charge in [-0.3, -0.25) is 14.4 Å². The number of ether oxygens (including phenoxy) is 3. The summed E-state index contributed by atoms with van der Waals surface area (Å²) >= 11 is 0. The summed E-state index contributed by atoms with van der Waals surface area (Å²) in [5.74, 6) is -0.968. The number of esters is 3. The van der Waals surface area contributed by atoms with Crippen LogP contribution in [0.3, 0.4) is 0 Å². The molecule has 0 spiro atoms. The molecule has 0 fully saturated rings. The molecule has 0 N–H and O–H groups in total. The van der Waals surface area contributed by atoms with Crippen LogP contribution in [-0.2, 0) is 28.6 Å². The molecule has 0 aromatic heterocycles. The van der Waals surface area contributed by atoms with Crippen LogP contribution in [0.4, 0.5) is 0 Å². The van der Waals surface area contributed by atoms with Gasteiger partial charge < -0.3 is 14.2 Å². The van der Waals surface area contributed by atoms with Crippen molar-refractivity contribution in [3.05, 3.63) is 60.8 Å². The first kappa shape index (κ1) is 52.1. The van der Waals surface area contributed by atoms with Gasteiger partial charge in [0.05, 0.1) is 0 Å². The summed E-state index contributed by atoms with van der Waals surface area (Å²) in [5.41, 5.74) is 0. The van der Waals surface area contributed by atoms with Gasteiger partial charge in [0.2, 0.25) is 0 Å². The Balaban J connectivity index is 4.44. The zero-order chi connectivity index (χ0) is 40.1. The van der Waals surface area contributed by atoms with Crippen LogP contribution in [0.2, 0.25) is 0 Å². The second-order valence-corrected chi connectivity index (χ2v) is 15.0. The lowest BCUT2D eigenvalue weighted by Crippen LogP contribution is -2.30. The Kier molecular flexibility index (Phi) is 41.5. The van der Waals surface area contributed by atoms with E-state index in [4.69, 9.17) is 14.2 Å². The largest absolute Gasteiger partial charge is 0.462 e. The topological polar surface area (TPSA) is 78.9 Å².